The van der Waals surface area contributed by atoms with Crippen molar-refractivity contribution in [2.75, 3.05) is 13.9 Å². The molecule has 0 bridgehead atoms. The minimum atomic E-state index is -0.0512. The molecule has 0 aliphatic rings. The van der Waals surface area contributed by atoms with Gasteiger partial charge in [-0.25, -0.2) is 0 Å². The molecule has 0 aliphatic carbocycles. The third kappa shape index (κ3) is 7.33. The van der Waals surface area contributed by atoms with Gasteiger partial charge in [0.05, 0.1) is 0 Å². The molecule has 2 rings (SSSR count). The Hall–Kier alpha value is -1.41. The Kier molecular flexibility index (Phi) is 10.6. The van der Waals surface area contributed by atoms with Crippen molar-refractivity contribution < 1.29 is 9.47 Å². The molecule has 0 heterocycles. The first kappa shape index (κ1) is 30.8. The van der Waals surface area contributed by atoms with E-state index in [1.54, 1.807) is 7.11 Å². The number of hydrogen-bond acceptors (Lipinski definition) is 3. The highest BCUT2D eigenvalue weighted by molar-refractivity contribution is 7.48. The highest BCUT2D eigenvalue weighted by Gasteiger charge is 2.37. The molecule has 1 unspecified atom stereocenters. The molecule has 3 nitrogen and oxygen atoms in total. The van der Waals surface area contributed by atoms with Gasteiger partial charge in [0.25, 0.3) is 0 Å². The quantitative estimate of drug-likeness (QED) is 0.243. The van der Waals surface area contributed by atoms with Crippen LogP contribution in [0.15, 0.2) is 30.3 Å². The molecule has 0 fully saturated rings. The smallest absolute Gasteiger partial charge is 0.188 e. The van der Waals surface area contributed by atoms with Crippen LogP contribution in [0.1, 0.15) is 110 Å². The van der Waals surface area contributed by atoms with E-state index in [9.17, 15) is 0 Å². The van der Waals surface area contributed by atoms with Crippen LogP contribution in [-0.2, 0) is 27.3 Å². The summed E-state index contributed by atoms with van der Waals surface area (Å²) >= 11 is 0. The van der Waals surface area contributed by atoms with Crippen LogP contribution in [0, 0.1) is 6.92 Å². The lowest BCUT2D eigenvalue weighted by Gasteiger charge is -2.39. The molecule has 0 amide bonds. The Labute approximate surface area is 223 Å². The van der Waals surface area contributed by atoms with E-state index >= 15 is 0 Å². The van der Waals surface area contributed by atoms with E-state index in [1.165, 1.54) is 33.1 Å². The number of benzene rings is 2. The van der Waals surface area contributed by atoms with Crippen LogP contribution in [0.3, 0.4) is 0 Å². The number of rotatable bonds is 11. The van der Waals surface area contributed by atoms with Crippen LogP contribution >= 0.6 is 8.58 Å². The third-order valence-corrected chi connectivity index (χ3v) is 9.65. The molecule has 0 saturated heterocycles. The molecule has 0 spiro atoms. The number of hydrogen-bond donors (Lipinski definition) is 1. The van der Waals surface area contributed by atoms with E-state index in [2.05, 4.69) is 112 Å². The lowest BCUT2D eigenvalue weighted by Crippen LogP contribution is -2.30. The summed E-state index contributed by atoms with van der Waals surface area (Å²) in [6.07, 6.45) is 2.10. The zero-order chi connectivity index (χ0) is 27.3. The molecule has 2 aromatic rings. The van der Waals surface area contributed by atoms with Gasteiger partial charge < -0.3 is 14.8 Å². The van der Waals surface area contributed by atoms with Gasteiger partial charge in [0, 0.05) is 36.0 Å². The summed E-state index contributed by atoms with van der Waals surface area (Å²) in [4.78, 5) is 0. The van der Waals surface area contributed by atoms with Crippen molar-refractivity contribution in [1.82, 2.24) is 5.32 Å². The van der Waals surface area contributed by atoms with Gasteiger partial charge in [-0.1, -0.05) is 108 Å². The minimum Gasteiger partial charge on any atom is -0.467 e. The predicted octanol–water partition coefficient (Wildman–Crippen LogP) is 8.09. The van der Waals surface area contributed by atoms with E-state index in [0.717, 1.165) is 25.1 Å². The second kappa shape index (κ2) is 12.4. The molecule has 2 aromatic carbocycles. The molecule has 0 aliphatic heterocycles. The Morgan fingerprint density at radius 3 is 2.03 bits per heavy atom. The number of ether oxygens (including phenoxy) is 2. The van der Waals surface area contributed by atoms with Gasteiger partial charge in [-0.05, 0) is 52.6 Å². The first-order chi connectivity index (χ1) is 16.7. The predicted molar refractivity (Wildman–Crippen MR) is 160 cm³/mol. The molecule has 0 aromatic heterocycles. The average molecular weight is 514 g/mol. The van der Waals surface area contributed by atoms with E-state index in [-0.39, 0.29) is 22.8 Å². The SMILES string of the molecule is CCC(CC)(Pc1c(C)cccc1CNC(C)C)c1cc(C(C)(C)C)cc(C(C)(C)C)c1OCOC. The van der Waals surface area contributed by atoms with Crippen molar-refractivity contribution in [1.29, 1.82) is 0 Å². The van der Waals surface area contributed by atoms with Crippen LogP contribution in [0.2, 0.25) is 0 Å². The first-order valence-electron chi connectivity index (χ1n) is 13.6. The van der Waals surface area contributed by atoms with E-state index in [4.69, 9.17) is 9.47 Å². The van der Waals surface area contributed by atoms with Crippen molar-refractivity contribution in [3.63, 3.8) is 0 Å². The normalized spacial score (nSPS) is 13.2. The third-order valence-electron chi connectivity index (χ3n) is 7.23. The summed E-state index contributed by atoms with van der Waals surface area (Å²) < 4.78 is 11.9. The van der Waals surface area contributed by atoms with Crippen molar-refractivity contribution in [2.45, 2.75) is 118 Å². The Morgan fingerprint density at radius 2 is 1.53 bits per heavy atom. The van der Waals surface area contributed by atoms with E-state index < -0.39 is 0 Å². The number of aryl methyl sites for hydroxylation is 1. The maximum Gasteiger partial charge on any atom is 0.188 e. The molecule has 4 heteroatoms. The minimum absolute atomic E-state index is 0.0248. The van der Waals surface area contributed by atoms with Crippen molar-refractivity contribution >= 4 is 13.9 Å². The summed E-state index contributed by atoms with van der Waals surface area (Å²) in [5.41, 5.74) is 6.76. The van der Waals surface area contributed by atoms with Gasteiger partial charge in [-0.2, -0.15) is 0 Å². The van der Waals surface area contributed by atoms with Crippen LogP contribution in [0.4, 0.5) is 0 Å². The lowest BCUT2D eigenvalue weighted by atomic mass is 9.76. The van der Waals surface area contributed by atoms with Crippen molar-refractivity contribution in [3.05, 3.63) is 58.1 Å². The van der Waals surface area contributed by atoms with E-state index in [0.29, 0.717) is 14.6 Å². The lowest BCUT2D eigenvalue weighted by molar-refractivity contribution is 0.0485. The maximum absolute atomic E-state index is 6.47. The zero-order valence-electron chi connectivity index (χ0n) is 25.1. The van der Waals surface area contributed by atoms with Crippen LogP contribution in [0.25, 0.3) is 0 Å². The topological polar surface area (TPSA) is 30.5 Å². The van der Waals surface area contributed by atoms with Crippen LogP contribution < -0.4 is 15.4 Å². The number of nitrogens with one attached hydrogen (secondary N) is 1. The zero-order valence-corrected chi connectivity index (χ0v) is 26.1. The van der Waals surface area contributed by atoms with Crippen LogP contribution in [-0.4, -0.2) is 19.9 Å². The largest absolute Gasteiger partial charge is 0.467 e. The van der Waals surface area contributed by atoms with Crippen LogP contribution in [0.5, 0.6) is 5.75 Å². The van der Waals surface area contributed by atoms with Crippen molar-refractivity contribution in [3.8, 4) is 5.75 Å². The monoisotopic (exact) mass is 513 g/mol. The van der Waals surface area contributed by atoms with Gasteiger partial charge in [0.1, 0.15) is 5.75 Å². The Morgan fingerprint density at radius 1 is 0.917 bits per heavy atom. The van der Waals surface area contributed by atoms with E-state index in [1.807, 2.05) is 0 Å². The highest BCUT2D eigenvalue weighted by Crippen LogP contribution is 2.53. The molecule has 1 atom stereocenters. The first-order valence-corrected chi connectivity index (χ1v) is 14.6. The fraction of sp³-hybridized carbons (Fsp3) is 0.625. The fourth-order valence-electron chi connectivity index (χ4n) is 4.73. The summed E-state index contributed by atoms with van der Waals surface area (Å²) in [6, 6.07) is 12.0. The second-order valence-electron chi connectivity index (χ2n) is 12.5. The Bertz CT molecular complexity index is 994. The highest BCUT2D eigenvalue weighted by atomic mass is 31.1. The average Bonchev–Trinajstić information content (AvgIpc) is 2.79. The molecule has 0 saturated carbocycles. The van der Waals surface area contributed by atoms with Gasteiger partial charge in [0.2, 0.25) is 0 Å². The Balaban J connectivity index is 2.85. The molecule has 36 heavy (non-hydrogen) atoms. The summed E-state index contributed by atoms with van der Waals surface area (Å²) in [5.74, 6) is 1.02. The standard InChI is InChI=1S/C32H52NO2P/c1-13-32(14-2,36-29-23(5)16-15-17-24(29)20-33-22(3)4)27-19-25(30(6,7)8)18-26(31(9,10)11)28(27)35-21-34-12/h15-19,22,33,36H,13-14,20-21H2,1-12H3. The van der Waals surface area contributed by atoms with Gasteiger partial charge in [-0.15, -0.1) is 0 Å². The summed E-state index contributed by atoms with van der Waals surface area (Å²) in [5, 5.41) is 5.12. The fourth-order valence-corrected chi connectivity index (χ4v) is 6.50. The second-order valence-corrected chi connectivity index (χ2v) is 14.2. The number of methoxy groups -OCH3 is 1. The molecule has 0 radical (unpaired) electrons. The maximum atomic E-state index is 6.47. The van der Waals surface area contributed by atoms with Gasteiger partial charge in [-0.3, -0.25) is 0 Å². The molecular weight excluding hydrogens is 461 g/mol. The van der Waals surface area contributed by atoms with Gasteiger partial charge >= 0.3 is 0 Å². The van der Waals surface area contributed by atoms with Gasteiger partial charge in [0.15, 0.2) is 6.79 Å². The summed E-state index contributed by atoms with van der Waals surface area (Å²) in [7, 11) is 2.35. The molecule has 1 N–H and O–H groups in total. The summed E-state index contributed by atoms with van der Waals surface area (Å²) in [6.45, 7) is 26.4. The molecular formula is C32H52NO2P. The molecule has 202 valence electrons. The van der Waals surface area contributed by atoms with Crippen molar-refractivity contribution in [2.24, 2.45) is 0 Å².